The van der Waals surface area contributed by atoms with E-state index in [-0.39, 0.29) is 11.9 Å². The second kappa shape index (κ2) is 4.64. The van der Waals surface area contributed by atoms with Crippen LogP contribution in [0.25, 0.3) is 0 Å². The molecule has 2 heterocycles. The third kappa shape index (κ3) is 1.94. The number of rotatable bonds is 2. The van der Waals surface area contributed by atoms with Crippen molar-refractivity contribution in [3.63, 3.8) is 0 Å². The predicted molar refractivity (Wildman–Crippen MR) is 75.0 cm³/mol. The lowest BCUT2D eigenvalue weighted by Gasteiger charge is -2.16. The maximum Gasteiger partial charge on any atom is 0.262 e. The van der Waals surface area contributed by atoms with Crippen LogP contribution in [-0.2, 0) is 6.54 Å². The number of fused-ring (bicyclic) bond motifs is 1. The molecule has 7 heteroatoms. The van der Waals surface area contributed by atoms with Gasteiger partial charge in [0.25, 0.3) is 5.91 Å². The Morgan fingerprint density at radius 3 is 2.95 bits per heavy atom. The van der Waals surface area contributed by atoms with Gasteiger partial charge in [0.15, 0.2) is 0 Å². The molecule has 2 N–H and O–H groups in total. The van der Waals surface area contributed by atoms with Crippen molar-refractivity contribution in [3.8, 4) is 5.75 Å². The molecule has 1 aliphatic rings. The Balaban J connectivity index is 1.98. The molecule has 0 aliphatic carbocycles. The van der Waals surface area contributed by atoms with Crippen molar-refractivity contribution in [2.45, 2.75) is 6.54 Å². The lowest BCUT2D eigenvalue weighted by Crippen LogP contribution is -2.22. The fraction of sp³-hybridized carbons (Fsp3) is 0.154. The van der Waals surface area contributed by atoms with Gasteiger partial charge >= 0.3 is 0 Å². The molecule has 20 heavy (non-hydrogen) atoms. The number of nitrogen functional groups attached to an aromatic ring is 1. The smallest absolute Gasteiger partial charge is 0.262 e. The minimum atomic E-state index is -0.166. The Labute approximate surface area is 120 Å². The van der Waals surface area contributed by atoms with Crippen molar-refractivity contribution in [3.05, 3.63) is 40.7 Å². The van der Waals surface area contributed by atoms with Crippen LogP contribution in [0, 0.1) is 0 Å². The van der Waals surface area contributed by atoms with Gasteiger partial charge in [-0.1, -0.05) is 11.6 Å². The molecule has 2 aromatic rings. The van der Waals surface area contributed by atoms with E-state index in [9.17, 15) is 4.79 Å². The summed E-state index contributed by atoms with van der Waals surface area (Å²) < 4.78 is 5.09. The third-order valence-electron chi connectivity index (χ3n) is 3.12. The van der Waals surface area contributed by atoms with E-state index >= 15 is 0 Å². The second-order valence-corrected chi connectivity index (χ2v) is 4.71. The molecule has 0 saturated heterocycles. The topological polar surface area (TPSA) is 81.3 Å². The number of carbonyl (C=O) groups is 1. The summed E-state index contributed by atoms with van der Waals surface area (Å²) in [5.41, 5.74) is 7.29. The van der Waals surface area contributed by atoms with Gasteiger partial charge in [0, 0.05) is 11.9 Å². The molecule has 0 bridgehead atoms. The Morgan fingerprint density at radius 1 is 1.45 bits per heavy atom. The number of hydrogen-bond acceptors (Lipinski definition) is 5. The van der Waals surface area contributed by atoms with E-state index in [1.165, 1.54) is 13.3 Å². The van der Waals surface area contributed by atoms with Gasteiger partial charge in [0.2, 0.25) is 5.95 Å². The van der Waals surface area contributed by atoms with Crippen molar-refractivity contribution in [1.29, 1.82) is 0 Å². The number of aromatic nitrogens is 2. The number of amides is 1. The van der Waals surface area contributed by atoms with Crippen LogP contribution in [0.5, 0.6) is 5.75 Å². The maximum atomic E-state index is 12.3. The number of hydrogen-bond donors (Lipinski definition) is 1. The zero-order chi connectivity index (χ0) is 14.3. The molecule has 0 atom stereocenters. The van der Waals surface area contributed by atoms with Gasteiger partial charge in [0.05, 0.1) is 29.9 Å². The average Bonchev–Trinajstić information content (AvgIpc) is 2.75. The number of nitrogens with two attached hydrogens (primary N) is 1. The van der Waals surface area contributed by atoms with E-state index in [0.717, 1.165) is 0 Å². The first-order chi connectivity index (χ1) is 9.60. The minimum Gasteiger partial charge on any atom is -0.495 e. The number of halogens is 1. The zero-order valence-electron chi connectivity index (χ0n) is 10.6. The van der Waals surface area contributed by atoms with Crippen LogP contribution in [-0.4, -0.2) is 23.0 Å². The Morgan fingerprint density at radius 2 is 2.25 bits per heavy atom. The Kier molecular flexibility index (Phi) is 2.94. The molecule has 0 unspecified atom stereocenters. The fourth-order valence-corrected chi connectivity index (χ4v) is 2.38. The van der Waals surface area contributed by atoms with Gasteiger partial charge in [-0.3, -0.25) is 4.79 Å². The fourth-order valence-electron chi connectivity index (χ4n) is 2.13. The summed E-state index contributed by atoms with van der Waals surface area (Å²) in [6, 6.07) is 5.17. The molecule has 0 spiro atoms. The summed E-state index contributed by atoms with van der Waals surface area (Å²) in [6.45, 7) is 0.351. The van der Waals surface area contributed by atoms with Crippen LogP contribution in [0.3, 0.4) is 0 Å². The van der Waals surface area contributed by atoms with Crippen molar-refractivity contribution < 1.29 is 9.53 Å². The lowest BCUT2D eigenvalue weighted by molar-refractivity contribution is 0.0996. The number of benzene rings is 1. The molecule has 3 rings (SSSR count). The molecule has 102 valence electrons. The van der Waals surface area contributed by atoms with Gasteiger partial charge in [-0.05, 0) is 18.2 Å². The summed E-state index contributed by atoms with van der Waals surface area (Å²) in [5.74, 6) is 0.552. The van der Waals surface area contributed by atoms with Crippen LogP contribution in [0.1, 0.15) is 16.1 Å². The SMILES string of the molecule is COc1ccc(N2Cc3nc(N)ncc3C2=O)cc1Cl. The highest BCUT2D eigenvalue weighted by Crippen LogP contribution is 2.33. The van der Waals surface area contributed by atoms with E-state index in [1.807, 2.05) is 0 Å². The zero-order valence-corrected chi connectivity index (χ0v) is 11.4. The summed E-state index contributed by atoms with van der Waals surface area (Å²) >= 11 is 6.08. The first kappa shape index (κ1) is 12.7. The minimum absolute atomic E-state index is 0.158. The Hall–Kier alpha value is -2.34. The standard InChI is InChI=1S/C13H11ClN4O2/c1-20-11-3-2-7(4-9(11)14)18-6-10-8(12(18)19)5-16-13(15)17-10/h2-5H,6H2,1H3,(H2,15,16,17). The van der Waals surface area contributed by atoms with Crippen LogP contribution < -0.4 is 15.4 Å². The molecule has 1 aliphatic heterocycles. The van der Waals surface area contributed by atoms with Crippen LogP contribution in [0.2, 0.25) is 5.02 Å². The number of anilines is 2. The maximum absolute atomic E-state index is 12.3. The van der Waals surface area contributed by atoms with Gasteiger partial charge in [0.1, 0.15) is 5.75 Å². The van der Waals surface area contributed by atoms with Crippen molar-refractivity contribution in [2.24, 2.45) is 0 Å². The lowest BCUT2D eigenvalue weighted by atomic mass is 10.2. The number of nitrogens with zero attached hydrogens (tertiary/aromatic N) is 3. The van der Waals surface area contributed by atoms with Crippen LogP contribution in [0.15, 0.2) is 24.4 Å². The van der Waals surface area contributed by atoms with Crippen molar-refractivity contribution >= 4 is 29.1 Å². The summed E-state index contributed by atoms with van der Waals surface area (Å²) in [7, 11) is 1.54. The quantitative estimate of drug-likeness (QED) is 0.913. The average molecular weight is 291 g/mol. The van der Waals surface area contributed by atoms with E-state index in [4.69, 9.17) is 22.1 Å². The van der Waals surface area contributed by atoms with Gasteiger partial charge in [-0.15, -0.1) is 0 Å². The normalized spacial score (nSPS) is 13.5. The third-order valence-corrected chi connectivity index (χ3v) is 3.41. The number of carbonyl (C=O) groups excluding carboxylic acids is 1. The largest absolute Gasteiger partial charge is 0.495 e. The highest BCUT2D eigenvalue weighted by atomic mass is 35.5. The number of ether oxygens (including phenoxy) is 1. The molecule has 1 aromatic heterocycles. The molecule has 0 radical (unpaired) electrons. The first-order valence-corrected chi connectivity index (χ1v) is 6.24. The van der Waals surface area contributed by atoms with E-state index < -0.39 is 0 Å². The van der Waals surface area contributed by atoms with Crippen molar-refractivity contribution in [2.75, 3.05) is 17.7 Å². The molecule has 0 fully saturated rings. The first-order valence-electron chi connectivity index (χ1n) is 5.87. The van der Waals surface area contributed by atoms with Gasteiger partial charge < -0.3 is 15.4 Å². The predicted octanol–water partition coefficient (Wildman–Crippen LogP) is 1.88. The highest BCUT2D eigenvalue weighted by molar-refractivity contribution is 6.32. The molecule has 1 amide bonds. The monoisotopic (exact) mass is 290 g/mol. The Bertz CT molecular complexity index is 705. The molecular formula is C13H11ClN4O2. The summed E-state index contributed by atoms with van der Waals surface area (Å²) in [4.78, 5) is 21.8. The number of methoxy groups -OCH3 is 1. The molecule has 6 nitrogen and oxygen atoms in total. The summed E-state index contributed by atoms with van der Waals surface area (Å²) in [6.07, 6.45) is 1.45. The summed E-state index contributed by atoms with van der Waals surface area (Å²) in [5, 5.41) is 0.444. The second-order valence-electron chi connectivity index (χ2n) is 4.30. The van der Waals surface area contributed by atoms with Gasteiger partial charge in [-0.25, -0.2) is 9.97 Å². The molecular weight excluding hydrogens is 280 g/mol. The molecule has 0 saturated carbocycles. The van der Waals surface area contributed by atoms with Crippen LogP contribution >= 0.6 is 11.6 Å². The van der Waals surface area contributed by atoms with E-state index in [0.29, 0.717) is 34.3 Å². The van der Waals surface area contributed by atoms with E-state index in [2.05, 4.69) is 9.97 Å². The van der Waals surface area contributed by atoms with Gasteiger partial charge in [-0.2, -0.15) is 0 Å². The highest BCUT2D eigenvalue weighted by Gasteiger charge is 2.30. The van der Waals surface area contributed by atoms with E-state index in [1.54, 1.807) is 23.1 Å². The van der Waals surface area contributed by atoms with Crippen molar-refractivity contribution in [1.82, 2.24) is 9.97 Å². The van der Waals surface area contributed by atoms with Crippen LogP contribution in [0.4, 0.5) is 11.6 Å². The molecule has 1 aromatic carbocycles.